The van der Waals surface area contributed by atoms with Crippen LogP contribution in [0.2, 0.25) is 0 Å². The van der Waals surface area contributed by atoms with E-state index < -0.39 is 0 Å². The second-order valence-corrected chi connectivity index (χ2v) is 8.79. The van der Waals surface area contributed by atoms with Crippen LogP contribution >= 0.6 is 0 Å². The van der Waals surface area contributed by atoms with Gasteiger partial charge in [0, 0.05) is 44.5 Å². The third kappa shape index (κ3) is 4.99. The third-order valence-electron chi connectivity index (χ3n) is 6.57. The molecule has 0 radical (unpaired) electrons. The number of rotatable bonds is 4. The number of carbonyl (C=O) groups is 1. The summed E-state index contributed by atoms with van der Waals surface area (Å²) in [5.74, 6) is 1.42. The van der Waals surface area contributed by atoms with E-state index in [4.69, 9.17) is 0 Å². The first kappa shape index (κ1) is 21.4. The van der Waals surface area contributed by atoms with E-state index in [-0.39, 0.29) is 11.6 Å². The molecule has 7 nitrogen and oxygen atoms in total. The summed E-state index contributed by atoms with van der Waals surface area (Å²) in [6.45, 7) is 5.86. The van der Waals surface area contributed by atoms with Crippen molar-refractivity contribution in [2.45, 2.75) is 44.6 Å². The minimum Gasteiger partial charge on any atom is -0.354 e. The number of hydrogen-bond acceptors (Lipinski definition) is 5. The molecule has 2 atom stereocenters. The zero-order chi connectivity index (χ0) is 20.9. The van der Waals surface area contributed by atoms with Gasteiger partial charge in [-0.15, -0.1) is 0 Å². The Kier molecular flexibility index (Phi) is 6.96. The van der Waals surface area contributed by atoms with E-state index in [1.807, 2.05) is 4.90 Å². The Morgan fingerprint density at radius 3 is 2.90 bits per heavy atom. The van der Waals surface area contributed by atoms with Gasteiger partial charge in [0.2, 0.25) is 0 Å². The summed E-state index contributed by atoms with van der Waals surface area (Å²) < 4.78 is 0. The summed E-state index contributed by atoms with van der Waals surface area (Å²) in [5, 5.41) is 12.6. The highest BCUT2D eigenvalue weighted by Gasteiger charge is 2.37. The molecule has 2 fully saturated rings. The van der Waals surface area contributed by atoms with Crippen molar-refractivity contribution >= 4 is 11.8 Å². The number of hydrogen-bond donors (Lipinski definition) is 1. The van der Waals surface area contributed by atoms with Crippen LogP contribution in [-0.4, -0.2) is 73.2 Å². The van der Waals surface area contributed by atoms with Gasteiger partial charge >= 0.3 is 6.03 Å². The average Bonchev–Trinajstić information content (AvgIpc) is 2.98. The molecular weight excluding hydrogens is 364 g/mol. The molecule has 7 heteroatoms. The first-order chi connectivity index (χ1) is 13.9. The Balaban J connectivity index is 1.59. The Morgan fingerprint density at radius 2 is 2.17 bits per heavy atom. The van der Waals surface area contributed by atoms with Crippen LogP contribution in [0.15, 0.2) is 18.3 Å². The van der Waals surface area contributed by atoms with E-state index in [1.54, 1.807) is 18.3 Å². The zero-order valence-corrected chi connectivity index (χ0v) is 18.0. The molecule has 1 aromatic rings. The number of carbonyl (C=O) groups excluding carboxylic acids is 1. The van der Waals surface area contributed by atoms with Crippen molar-refractivity contribution < 1.29 is 4.79 Å². The summed E-state index contributed by atoms with van der Waals surface area (Å²) in [6, 6.07) is 5.82. The lowest BCUT2D eigenvalue weighted by molar-refractivity contribution is 0.0754. The van der Waals surface area contributed by atoms with E-state index >= 15 is 0 Å². The summed E-state index contributed by atoms with van der Waals surface area (Å²) in [5.41, 5.74) is 0.644. The number of pyridine rings is 1. The lowest BCUT2D eigenvalue weighted by Gasteiger charge is -2.45. The molecule has 1 N–H and O–H groups in total. The van der Waals surface area contributed by atoms with Crippen LogP contribution in [0.5, 0.6) is 0 Å². The lowest BCUT2D eigenvalue weighted by atomic mass is 9.75. The van der Waals surface area contributed by atoms with E-state index in [9.17, 15) is 10.1 Å². The van der Waals surface area contributed by atoms with Crippen LogP contribution in [0.1, 0.15) is 44.6 Å². The van der Waals surface area contributed by atoms with E-state index in [2.05, 4.69) is 47.2 Å². The summed E-state index contributed by atoms with van der Waals surface area (Å²) >= 11 is 0. The summed E-state index contributed by atoms with van der Waals surface area (Å²) in [7, 11) is 4.27. The number of aromatic nitrogens is 1. The fourth-order valence-corrected chi connectivity index (χ4v) is 4.78. The molecule has 2 aliphatic rings. The van der Waals surface area contributed by atoms with Crippen molar-refractivity contribution in [1.82, 2.24) is 20.1 Å². The van der Waals surface area contributed by atoms with Crippen LogP contribution in [0.4, 0.5) is 10.6 Å². The number of nitrogens with one attached hydrogen (secondary N) is 1. The zero-order valence-electron chi connectivity index (χ0n) is 18.0. The smallest absolute Gasteiger partial charge is 0.317 e. The van der Waals surface area contributed by atoms with Crippen molar-refractivity contribution in [3.63, 3.8) is 0 Å². The van der Waals surface area contributed by atoms with Gasteiger partial charge in [0.15, 0.2) is 0 Å². The Morgan fingerprint density at radius 1 is 1.34 bits per heavy atom. The predicted molar refractivity (Wildman–Crippen MR) is 115 cm³/mol. The average molecular weight is 399 g/mol. The van der Waals surface area contributed by atoms with Crippen molar-refractivity contribution in [3.05, 3.63) is 23.9 Å². The Hall–Kier alpha value is -2.33. The molecule has 1 aliphatic heterocycles. The highest BCUT2D eigenvalue weighted by molar-refractivity contribution is 5.74. The SMILES string of the molecule is CC1CCCC(CNC(=O)N2CCCN(c3ncccc3C#N)CC2)(N(C)C)C1. The maximum atomic E-state index is 12.9. The number of likely N-dealkylation sites (N-methyl/N-ethyl adjacent to an activating group) is 1. The molecule has 0 bridgehead atoms. The molecule has 2 amide bonds. The van der Waals surface area contributed by atoms with E-state index in [0.29, 0.717) is 31.1 Å². The van der Waals surface area contributed by atoms with Crippen LogP contribution in [-0.2, 0) is 0 Å². The van der Waals surface area contributed by atoms with Crippen LogP contribution in [0.25, 0.3) is 0 Å². The molecular formula is C22H34N6O. The van der Waals surface area contributed by atoms with Gasteiger partial charge in [-0.3, -0.25) is 0 Å². The molecule has 3 rings (SSSR count). The maximum absolute atomic E-state index is 12.9. The first-order valence-corrected chi connectivity index (χ1v) is 10.8. The molecule has 2 unspecified atom stereocenters. The number of nitrogens with zero attached hydrogens (tertiary/aromatic N) is 5. The van der Waals surface area contributed by atoms with Gasteiger partial charge in [0.05, 0.1) is 5.56 Å². The van der Waals surface area contributed by atoms with Gasteiger partial charge in [-0.05, 0) is 51.4 Å². The van der Waals surface area contributed by atoms with Gasteiger partial charge < -0.3 is 20.0 Å². The topological polar surface area (TPSA) is 75.5 Å². The number of nitriles is 1. The molecule has 0 aromatic carbocycles. The Bertz CT molecular complexity index is 745. The first-order valence-electron chi connectivity index (χ1n) is 10.8. The highest BCUT2D eigenvalue weighted by Crippen LogP contribution is 2.35. The van der Waals surface area contributed by atoms with Crippen LogP contribution in [0, 0.1) is 17.2 Å². The summed E-state index contributed by atoms with van der Waals surface area (Å²) in [6.07, 6.45) is 7.35. The van der Waals surface area contributed by atoms with Crippen LogP contribution < -0.4 is 10.2 Å². The van der Waals surface area contributed by atoms with Gasteiger partial charge in [-0.25, -0.2) is 9.78 Å². The predicted octanol–water partition coefficient (Wildman–Crippen LogP) is 2.69. The second kappa shape index (κ2) is 9.45. The number of amides is 2. The largest absolute Gasteiger partial charge is 0.354 e. The standard InChI is InChI=1S/C22H34N6O/c1-18-7-4-9-22(15-18,26(2)3)17-25-21(29)28-12-6-11-27(13-14-28)20-19(16-23)8-5-10-24-20/h5,8,10,18H,4,6-7,9,11-15,17H2,1-3H3,(H,25,29). The molecule has 1 aliphatic carbocycles. The minimum absolute atomic E-state index is 0.0211. The van der Waals surface area contributed by atoms with Crippen molar-refractivity contribution in [2.75, 3.05) is 51.7 Å². The number of urea groups is 1. The molecule has 0 spiro atoms. The molecule has 1 saturated heterocycles. The molecule has 1 saturated carbocycles. The minimum atomic E-state index is 0.0211. The fraction of sp³-hybridized carbons (Fsp3) is 0.682. The van der Waals surface area contributed by atoms with E-state index in [0.717, 1.165) is 38.2 Å². The molecule has 2 heterocycles. The van der Waals surface area contributed by atoms with Crippen molar-refractivity contribution in [1.29, 1.82) is 5.26 Å². The lowest BCUT2D eigenvalue weighted by Crippen LogP contribution is -2.56. The second-order valence-electron chi connectivity index (χ2n) is 8.79. The quantitative estimate of drug-likeness (QED) is 0.844. The van der Waals surface area contributed by atoms with Gasteiger partial charge in [0.25, 0.3) is 0 Å². The molecule has 158 valence electrons. The van der Waals surface area contributed by atoms with Gasteiger partial charge in [-0.1, -0.05) is 19.8 Å². The van der Waals surface area contributed by atoms with Gasteiger partial charge in [0.1, 0.15) is 11.9 Å². The Labute approximate surface area is 174 Å². The molecule has 1 aromatic heterocycles. The normalized spacial score (nSPS) is 25.4. The number of anilines is 1. The highest BCUT2D eigenvalue weighted by atomic mass is 16.2. The molecule has 29 heavy (non-hydrogen) atoms. The van der Waals surface area contributed by atoms with E-state index in [1.165, 1.54) is 12.8 Å². The van der Waals surface area contributed by atoms with Crippen molar-refractivity contribution in [3.8, 4) is 6.07 Å². The van der Waals surface area contributed by atoms with Crippen LogP contribution in [0.3, 0.4) is 0 Å². The third-order valence-corrected chi connectivity index (χ3v) is 6.57. The van der Waals surface area contributed by atoms with Crippen molar-refractivity contribution in [2.24, 2.45) is 5.92 Å². The maximum Gasteiger partial charge on any atom is 0.317 e. The van der Waals surface area contributed by atoms with Gasteiger partial charge in [-0.2, -0.15) is 5.26 Å². The fourth-order valence-electron chi connectivity index (χ4n) is 4.78. The monoisotopic (exact) mass is 398 g/mol. The summed E-state index contributed by atoms with van der Waals surface area (Å²) in [4.78, 5) is 23.6.